The molecule has 0 amide bonds. The largest absolute Gasteiger partial charge is 0.465 e. The van der Waals surface area contributed by atoms with Crippen LogP contribution in [0, 0.1) is 5.92 Å². The van der Waals surface area contributed by atoms with Gasteiger partial charge in [0, 0.05) is 11.7 Å². The molecule has 1 aliphatic carbocycles. The Kier molecular flexibility index (Phi) is 3.67. The van der Waals surface area contributed by atoms with Gasteiger partial charge in [0.15, 0.2) is 0 Å². The van der Waals surface area contributed by atoms with Crippen molar-refractivity contribution in [3.8, 4) is 0 Å². The number of nitrogens with one attached hydrogen (secondary N) is 1. The lowest BCUT2D eigenvalue weighted by atomic mass is 10.1. The molecule has 0 aliphatic heterocycles. The average Bonchev–Trinajstić information content (AvgIpc) is 3.12. The third-order valence-corrected chi connectivity index (χ3v) is 3.08. The molecule has 1 aromatic carbocycles. The smallest absolute Gasteiger partial charge is 0.337 e. The molecule has 3 nitrogen and oxygen atoms in total. The first-order chi connectivity index (χ1) is 8.19. The van der Waals surface area contributed by atoms with Crippen molar-refractivity contribution in [2.24, 2.45) is 5.92 Å². The van der Waals surface area contributed by atoms with Crippen LogP contribution < -0.4 is 5.32 Å². The van der Waals surface area contributed by atoms with Crippen molar-refractivity contribution in [3.63, 3.8) is 0 Å². The van der Waals surface area contributed by atoms with E-state index in [1.807, 2.05) is 18.2 Å². The Balaban J connectivity index is 1.97. The molecule has 1 N–H and O–H groups in total. The van der Waals surface area contributed by atoms with Gasteiger partial charge in [-0.25, -0.2) is 4.79 Å². The fraction of sp³-hybridized carbons (Fsp3) is 0.500. The summed E-state index contributed by atoms with van der Waals surface area (Å²) in [5.41, 5.74) is 1.58. The van der Waals surface area contributed by atoms with Gasteiger partial charge in [-0.3, -0.25) is 0 Å². The average molecular weight is 233 g/mol. The van der Waals surface area contributed by atoms with E-state index >= 15 is 0 Å². The van der Waals surface area contributed by atoms with Crippen LogP contribution in [0.15, 0.2) is 24.3 Å². The van der Waals surface area contributed by atoms with Crippen molar-refractivity contribution in [3.05, 3.63) is 29.8 Å². The molecular formula is C14H19NO2. The van der Waals surface area contributed by atoms with Crippen LogP contribution in [0.1, 0.15) is 36.5 Å². The summed E-state index contributed by atoms with van der Waals surface area (Å²) in [5.74, 6) is 0.616. The van der Waals surface area contributed by atoms with E-state index in [2.05, 4.69) is 12.2 Å². The highest BCUT2D eigenvalue weighted by Crippen LogP contribution is 2.34. The molecule has 0 aromatic heterocycles. The fourth-order valence-corrected chi connectivity index (χ4v) is 2.05. The maximum absolute atomic E-state index is 11.4. The monoisotopic (exact) mass is 233 g/mol. The van der Waals surface area contributed by atoms with E-state index in [0.717, 1.165) is 11.6 Å². The molecule has 0 bridgehead atoms. The summed E-state index contributed by atoms with van der Waals surface area (Å²) in [6.07, 6.45) is 3.95. The van der Waals surface area contributed by atoms with Crippen molar-refractivity contribution in [1.82, 2.24) is 0 Å². The highest BCUT2D eigenvalue weighted by atomic mass is 16.5. The van der Waals surface area contributed by atoms with E-state index in [4.69, 9.17) is 4.74 Å². The Labute approximate surface area is 102 Å². The number of carbonyl (C=O) groups excluding carboxylic acids is 1. The highest BCUT2D eigenvalue weighted by Gasteiger charge is 2.23. The summed E-state index contributed by atoms with van der Waals surface area (Å²) in [4.78, 5) is 11.4. The summed E-state index contributed by atoms with van der Waals surface area (Å²) in [7, 11) is 1.40. The molecule has 92 valence electrons. The highest BCUT2D eigenvalue weighted by molar-refractivity contribution is 5.90. The molecule has 1 aromatic rings. The van der Waals surface area contributed by atoms with Crippen LogP contribution in [0.2, 0.25) is 0 Å². The topological polar surface area (TPSA) is 38.3 Å². The third-order valence-electron chi connectivity index (χ3n) is 3.08. The molecule has 1 saturated carbocycles. The number of ether oxygens (including phenoxy) is 1. The summed E-state index contributed by atoms with van der Waals surface area (Å²) >= 11 is 0. The van der Waals surface area contributed by atoms with Gasteiger partial charge < -0.3 is 10.1 Å². The first kappa shape index (κ1) is 12.0. The molecule has 1 atom stereocenters. The van der Waals surface area contributed by atoms with E-state index < -0.39 is 0 Å². The van der Waals surface area contributed by atoms with E-state index in [1.165, 1.54) is 26.4 Å². The molecule has 1 unspecified atom stereocenters. The van der Waals surface area contributed by atoms with Gasteiger partial charge in [-0.15, -0.1) is 0 Å². The van der Waals surface area contributed by atoms with Crippen molar-refractivity contribution in [2.45, 2.75) is 32.2 Å². The number of esters is 1. The molecule has 2 rings (SSSR count). The van der Waals surface area contributed by atoms with Crippen molar-refractivity contribution in [2.75, 3.05) is 12.4 Å². The Hall–Kier alpha value is -1.51. The van der Waals surface area contributed by atoms with Crippen LogP contribution in [0.4, 0.5) is 5.69 Å². The van der Waals surface area contributed by atoms with Gasteiger partial charge in [0.1, 0.15) is 0 Å². The minimum absolute atomic E-state index is 0.288. The van der Waals surface area contributed by atoms with Gasteiger partial charge in [0.25, 0.3) is 0 Å². The second-order valence-corrected chi connectivity index (χ2v) is 4.80. The third kappa shape index (κ3) is 3.48. The number of methoxy groups -OCH3 is 1. The second-order valence-electron chi connectivity index (χ2n) is 4.80. The molecular weight excluding hydrogens is 214 g/mol. The lowest BCUT2D eigenvalue weighted by molar-refractivity contribution is 0.0601. The normalized spacial score (nSPS) is 16.4. The molecule has 1 fully saturated rings. The standard InChI is InChI=1S/C14H19NO2/c1-10(8-11-6-7-11)15-13-5-3-4-12(9-13)14(16)17-2/h3-5,9-11,15H,6-8H2,1-2H3. The summed E-state index contributed by atoms with van der Waals surface area (Å²) < 4.78 is 4.70. The van der Waals surface area contributed by atoms with Gasteiger partial charge in [-0.05, 0) is 37.5 Å². The number of hydrogen-bond donors (Lipinski definition) is 1. The van der Waals surface area contributed by atoms with E-state index in [0.29, 0.717) is 11.6 Å². The van der Waals surface area contributed by atoms with Crippen LogP contribution >= 0.6 is 0 Å². The van der Waals surface area contributed by atoms with Crippen LogP contribution in [0.3, 0.4) is 0 Å². The zero-order chi connectivity index (χ0) is 12.3. The quantitative estimate of drug-likeness (QED) is 0.794. The zero-order valence-corrected chi connectivity index (χ0v) is 10.4. The number of anilines is 1. The predicted molar refractivity (Wildman–Crippen MR) is 68.2 cm³/mol. The van der Waals surface area contributed by atoms with E-state index in [1.54, 1.807) is 6.07 Å². The second kappa shape index (κ2) is 5.21. The van der Waals surface area contributed by atoms with Crippen molar-refractivity contribution < 1.29 is 9.53 Å². The van der Waals surface area contributed by atoms with Crippen LogP contribution in [0.25, 0.3) is 0 Å². The maximum Gasteiger partial charge on any atom is 0.337 e. The van der Waals surface area contributed by atoms with E-state index in [9.17, 15) is 4.79 Å². The molecule has 17 heavy (non-hydrogen) atoms. The van der Waals surface area contributed by atoms with Crippen LogP contribution in [-0.2, 0) is 4.74 Å². The van der Waals surface area contributed by atoms with Gasteiger partial charge >= 0.3 is 5.97 Å². The number of hydrogen-bond acceptors (Lipinski definition) is 3. The van der Waals surface area contributed by atoms with Gasteiger partial charge in [-0.1, -0.05) is 18.9 Å². The van der Waals surface area contributed by atoms with Gasteiger partial charge in [-0.2, -0.15) is 0 Å². The van der Waals surface area contributed by atoms with E-state index in [-0.39, 0.29) is 5.97 Å². The summed E-state index contributed by atoms with van der Waals surface area (Å²) in [5, 5.41) is 3.42. The molecule has 0 radical (unpaired) electrons. The van der Waals surface area contributed by atoms with Crippen molar-refractivity contribution >= 4 is 11.7 Å². The van der Waals surface area contributed by atoms with Gasteiger partial charge in [0.05, 0.1) is 12.7 Å². The zero-order valence-electron chi connectivity index (χ0n) is 10.4. The summed E-state index contributed by atoms with van der Waals surface area (Å²) in [6.45, 7) is 2.18. The molecule has 3 heteroatoms. The number of rotatable bonds is 5. The molecule has 0 saturated heterocycles. The number of carbonyl (C=O) groups is 1. The minimum atomic E-state index is -0.288. The van der Waals surface area contributed by atoms with Crippen LogP contribution in [0.5, 0.6) is 0 Å². The molecule has 0 spiro atoms. The van der Waals surface area contributed by atoms with Gasteiger partial charge in [0.2, 0.25) is 0 Å². The maximum atomic E-state index is 11.4. The molecule has 0 heterocycles. The Bertz CT molecular complexity index is 399. The molecule has 1 aliphatic rings. The fourth-order valence-electron chi connectivity index (χ4n) is 2.05. The summed E-state index contributed by atoms with van der Waals surface area (Å²) in [6, 6.07) is 7.92. The first-order valence-corrected chi connectivity index (χ1v) is 6.14. The Morgan fingerprint density at radius 3 is 2.94 bits per heavy atom. The SMILES string of the molecule is COC(=O)c1cccc(NC(C)CC2CC2)c1. The Morgan fingerprint density at radius 1 is 1.53 bits per heavy atom. The van der Waals surface area contributed by atoms with Crippen molar-refractivity contribution in [1.29, 1.82) is 0 Å². The Morgan fingerprint density at radius 2 is 2.29 bits per heavy atom. The van der Waals surface area contributed by atoms with Crippen LogP contribution in [-0.4, -0.2) is 19.1 Å². The minimum Gasteiger partial charge on any atom is -0.465 e. The number of benzene rings is 1. The lowest BCUT2D eigenvalue weighted by Crippen LogP contribution is -2.16. The first-order valence-electron chi connectivity index (χ1n) is 6.14. The lowest BCUT2D eigenvalue weighted by Gasteiger charge is -2.15. The predicted octanol–water partition coefficient (Wildman–Crippen LogP) is 3.07.